The molecule has 0 N–H and O–H groups in total. The van der Waals surface area contributed by atoms with Crippen molar-refractivity contribution >= 4 is 15.9 Å². The molecule has 2 heterocycles. The highest BCUT2D eigenvalue weighted by Gasteiger charge is 2.31. The molecular weight excluding hydrogens is 340 g/mol. The number of aromatic nitrogens is 1. The van der Waals surface area contributed by atoms with E-state index in [0.717, 1.165) is 22.6 Å². The lowest BCUT2D eigenvalue weighted by atomic mass is 10.0. The van der Waals surface area contributed by atoms with Crippen molar-refractivity contribution in [2.75, 3.05) is 13.7 Å². The fraction of sp³-hybridized carbons (Fsp3) is 0.389. The van der Waals surface area contributed by atoms with E-state index in [1.165, 1.54) is 18.4 Å². The summed E-state index contributed by atoms with van der Waals surface area (Å²) in [5, 5.41) is 0. The largest absolute Gasteiger partial charge is 0.497 e. The van der Waals surface area contributed by atoms with E-state index in [9.17, 15) is 0 Å². The van der Waals surface area contributed by atoms with Gasteiger partial charge in [0, 0.05) is 6.04 Å². The van der Waals surface area contributed by atoms with Crippen LogP contribution in [0.1, 0.15) is 43.1 Å². The molecular formula is C18H21BrN2O. The number of nitrogens with zero attached hydrogens (tertiary/aromatic N) is 2. The van der Waals surface area contributed by atoms with Gasteiger partial charge in [-0.2, -0.15) is 0 Å². The van der Waals surface area contributed by atoms with Gasteiger partial charge in [-0.05, 0) is 72.1 Å². The lowest BCUT2D eigenvalue weighted by molar-refractivity contribution is 0.191. The highest BCUT2D eigenvalue weighted by Crippen LogP contribution is 2.38. The zero-order valence-electron chi connectivity index (χ0n) is 13.0. The van der Waals surface area contributed by atoms with Crippen LogP contribution in [0, 0.1) is 0 Å². The van der Waals surface area contributed by atoms with Gasteiger partial charge in [0.15, 0.2) is 0 Å². The van der Waals surface area contributed by atoms with Crippen molar-refractivity contribution in [3.63, 3.8) is 0 Å². The van der Waals surface area contributed by atoms with Gasteiger partial charge in [-0.15, -0.1) is 0 Å². The Bertz CT molecular complexity index is 629. The summed E-state index contributed by atoms with van der Waals surface area (Å²) < 4.78 is 6.16. The van der Waals surface area contributed by atoms with Gasteiger partial charge in [0.05, 0.1) is 18.8 Å². The second kappa shape index (κ2) is 6.80. The van der Waals surface area contributed by atoms with E-state index in [-0.39, 0.29) is 0 Å². The number of rotatable bonds is 4. The first-order valence-electron chi connectivity index (χ1n) is 7.71. The second-order valence-corrected chi connectivity index (χ2v) is 6.54. The van der Waals surface area contributed by atoms with Crippen LogP contribution in [0.15, 0.2) is 47.1 Å². The summed E-state index contributed by atoms with van der Waals surface area (Å²) in [6.07, 6.45) is 2.39. The first-order chi connectivity index (χ1) is 10.7. The Morgan fingerprint density at radius 2 is 2.00 bits per heavy atom. The molecule has 3 nitrogen and oxygen atoms in total. The molecule has 116 valence electrons. The number of pyridine rings is 1. The standard InChI is InChI=1S/C18H21BrN2O/c1-13(14-8-10-15(22-2)11-9-14)21-12-4-6-17(21)16-5-3-7-18(19)20-16/h3,5,7-11,13,17H,4,6,12H2,1-2H3/t13-,17+/m0/s1. The lowest BCUT2D eigenvalue weighted by Crippen LogP contribution is -2.27. The first-order valence-corrected chi connectivity index (χ1v) is 8.50. The fourth-order valence-corrected chi connectivity index (χ4v) is 3.61. The van der Waals surface area contributed by atoms with Crippen molar-refractivity contribution in [2.45, 2.75) is 31.8 Å². The molecule has 1 aromatic heterocycles. The third-order valence-electron chi connectivity index (χ3n) is 4.47. The van der Waals surface area contributed by atoms with E-state index in [1.54, 1.807) is 7.11 Å². The molecule has 1 aliphatic rings. The maximum Gasteiger partial charge on any atom is 0.118 e. The molecule has 1 aromatic carbocycles. The van der Waals surface area contributed by atoms with Crippen molar-refractivity contribution < 1.29 is 4.74 Å². The number of methoxy groups -OCH3 is 1. The summed E-state index contributed by atoms with van der Waals surface area (Å²) in [5.74, 6) is 0.905. The number of hydrogen-bond acceptors (Lipinski definition) is 3. The number of ether oxygens (including phenoxy) is 1. The molecule has 0 saturated carbocycles. The van der Waals surface area contributed by atoms with Gasteiger partial charge in [-0.3, -0.25) is 4.90 Å². The van der Waals surface area contributed by atoms with Crippen molar-refractivity contribution in [3.8, 4) is 5.75 Å². The van der Waals surface area contributed by atoms with Crippen LogP contribution in [-0.4, -0.2) is 23.5 Å². The van der Waals surface area contributed by atoms with E-state index >= 15 is 0 Å². The van der Waals surface area contributed by atoms with Crippen LogP contribution >= 0.6 is 15.9 Å². The molecule has 2 aromatic rings. The Labute approximate surface area is 140 Å². The van der Waals surface area contributed by atoms with Crippen molar-refractivity contribution in [1.82, 2.24) is 9.88 Å². The van der Waals surface area contributed by atoms with Crippen LogP contribution in [0.5, 0.6) is 5.75 Å². The summed E-state index contributed by atoms with van der Waals surface area (Å²) in [5.41, 5.74) is 2.48. The maximum absolute atomic E-state index is 5.25. The Morgan fingerprint density at radius 1 is 1.23 bits per heavy atom. The van der Waals surface area contributed by atoms with Crippen LogP contribution < -0.4 is 4.74 Å². The number of halogens is 1. The summed E-state index contributed by atoms with van der Waals surface area (Å²) in [6, 6.07) is 15.3. The van der Waals surface area contributed by atoms with Gasteiger partial charge >= 0.3 is 0 Å². The Morgan fingerprint density at radius 3 is 2.68 bits per heavy atom. The summed E-state index contributed by atoms with van der Waals surface area (Å²) in [7, 11) is 1.70. The van der Waals surface area contributed by atoms with Gasteiger partial charge in [0.25, 0.3) is 0 Å². The fourth-order valence-electron chi connectivity index (χ4n) is 3.25. The van der Waals surface area contributed by atoms with Crippen LogP contribution in [0.4, 0.5) is 0 Å². The highest BCUT2D eigenvalue weighted by atomic mass is 79.9. The summed E-state index contributed by atoms with van der Waals surface area (Å²) >= 11 is 3.48. The molecule has 3 rings (SSSR count). The molecule has 0 bridgehead atoms. The van der Waals surface area contributed by atoms with E-state index < -0.39 is 0 Å². The van der Waals surface area contributed by atoms with E-state index in [4.69, 9.17) is 4.74 Å². The zero-order chi connectivity index (χ0) is 15.5. The Balaban J connectivity index is 1.82. The Hall–Kier alpha value is -1.39. The topological polar surface area (TPSA) is 25.4 Å². The molecule has 0 unspecified atom stereocenters. The predicted octanol–water partition coefficient (Wildman–Crippen LogP) is 4.75. The van der Waals surface area contributed by atoms with Gasteiger partial charge in [0.1, 0.15) is 10.4 Å². The van der Waals surface area contributed by atoms with Crippen LogP contribution in [0.3, 0.4) is 0 Å². The third-order valence-corrected chi connectivity index (χ3v) is 4.91. The predicted molar refractivity (Wildman–Crippen MR) is 92.0 cm³/mol. The van der Waals surface area contributed by atoms with Crippen molar-refractivity contribution in [2.24, 2.45) is 0 Å². The molecule has 1 saturated heterocycles. The Kier molecular flexibility index (Phi) is 4.79. The maximum atomic E-state index is 5.25. The van der Waals surface area contributed by atoms with Crippen LogP contribution in [0.2, 0.25) is 0 Å². The number of benzene rings is 1. The number of likely N-dealkylation sites (tertiary alicyclic amines) is 1. The normalized spacial score (nSPS) is 20.0. The van der Waals surface area contributed by atoms with E-state index in [2.05, 4.69) is 57.0 Å². The van der Waals surface area contributed by atoms with E-state index in [0.29, 0.717) is 12.1 Å². The van der Waals surface area contributed by atoms with Crippen molar-refractivity contribution in [3.05, 3.63) is 58.3 Å². The molecule has 0 aliphatic carbocycles. The minimum atomic E-state index is 0.374. The SMILES string of the molecule is COc1ccc([C@H](C)N2CCC[C@@H]2c2cccc(Br)n2)cc1. The lowest BCUT2D eigenvalue weighted by Gasteiger charge is -2.30. The van der Waals surface area contributed by atoms with E-state index in [1.807, 2.05) is 18.2 Å². The van der Waals surface area contributed by atoms with Gasteiger partial charge in [-0.25, -0.2) is 4.98 Å². The minimum absolute atomic E-state index is 0.374. The molecule has 1 aliphatic heterocycles. The van der Waals surface area contributed by atoms with Crippen molar-refractivity contribution in [1.29, 1.82) is 0 Å². The van der Waals surface area contributed by atoms with Crippen LogP contribution in [0.25, 0.3) is 0 Å². The monoisotopic (exact) mass is 360 g/mol. The molecule has 0 radical (unpaired) electrons. The average molecular weight is 361 g/mol. The summed E-state index contributed by atoms with van der Waals surface area (Å²) in [4.78, 5) is 7.22. The van der Waals surface area contributed by atoms with Gasteiger partial charge in [0.2, 0.25) is 0 Å². The first kappa shape index (κ1) is 15.5. The summed E-state index contributed by atoms with van der Waals surface area (Å²) in [6.45, 7) is 3.39. The molecule has 1 fully saturated rings. The number of hydrogen-bond donors (Lipinski definition) is 0. The minimum Gasteiger partial charge on any atom is -0.497 e. The smallest absolute Gasteiger partial charge is 0.118 e. The highest BCUT2D eigenvalue weighted by molar-refractivity contribution is 9.10. The zero-order valence-corrected chi connectivity index (χ0v) is 14.6. The molecule has 4 heteroatoms. The quantitative estimate of drug-likeness (QED) is 0.735. The molecule has 2 atom stereocenters. The van der Waals surface area contributed by atoms with Crippen LogP contribution in [-0.2, 0) is 0 Å². The third kappa shape index (κ3) is 3.18. The molecule has 0 spiro atoms. The molecule has 0 amide bonds. The van der Waals surface area contributed by atoms with Gasteiger partial charge in [-0.1, -0.05) is 18.2 Å². The molecule has 22 heavy (non-hydrogen) atoms. The average Bonchev–Trinajstić information content (AvgIpc) is 3.04. The second-order valence-electron chi connectivity index (χ2n) is 5.73. The van der Waals surface area contributed by atoms with Gasteiger partial charge < -0.3 is 4.74 Å².